The Kier molecular flexibility index (Phi) is 5.43. The topological polar surface area (TPSA) is 45.9 Å². The highest BCUT2D eigenvalue weighted by Crippen LogP contribution is 2.24. The van der Waals surface area contributed by atoms with Gasteiger partial charge in [-0.25, -0.2) is 0 Å². The predicted molar refractivity (Wildman–Crippen MR) is 97.6 cm³/mol. The molecule has 0 atom stereocenters. The lowest BCUT2D eigenvalue weighted by Gasteiger charge is -2.36. The lowest BCUT2D eigenvalue weighted by Crippen LogP contribution is -2.46. The number of anilines is 1. The summed E-state index contributed by atoms with van der Waals surface area (Å²) in [4.78, 5) is 15.7. The third-order valence-corrected chi connectivity index (χ3v) is 4.80. The number of furan rings is 1. The van der Waals surface area contributed by atoms with Crippen LogP contribution >= 0.6 is 0 Å². The molecule has 1 fully saturated rings. The van der Waals surface area contributed by atoms with Crippen molar-refractivity contribution in [1.82, 2.24) is 4.90 Å². The van der Waals surface area contributed by atoms with Crippen molar-refractivity contribution < 1.29 is 13.9 Å². The maximum absolute atomic E-state index is 10.9. The van der Waals surface area contributed by atoms with E-state index in [9.17, 15) is 4.79 Å². The van der Waals surface area contributed by atoms with Gasteiger partial charge in [0, 0.05) is 38.8 Å². The summed E-state index contributed by atoms with van der Waals surface area (Å²) in [5.74, 6) is 1.32. The molecule has 5 heteroatoms. The number of carbonyl (C=O) groups excluding carboxylic acids is 1. The molecule has 2 aromatic rings. The Hall–Kier alpha value is -2.27. The average molecular weight is 342 g/mol. The predicted octanol–water partition coefficient (Wildman–Crippen LogP) is 3.28. The van der Waals surface area contributed by atoms with Crippen molar-refractivity contribution in [2.75, 3.05) is 31.1 Å². The number of piperazine rings is 1. The second kappa shape index (κ2) is 7.74. The smallest absolute Gasteiger partial charge is 0.303 e. The van der Waals surface area contributed by atoms with Crippen LogP contribution in [0.15, 0.2) is 34.7 Å². The lowest BCUT2D eigenvalue weighted by atomic mass is 10.1. The maximum Gasteiger partial charge on any atom is 0.303 e. The van der Waals surface area contributed by atoms with E-state index < -0.39 is 0 Å². The van der Waals surface area contributed by atoms with E-state index >= 15 is 0 Å². The number of benzene rings is 1. The van der Waals surface area contributed by atoms with Crippen LogP contribution in [0.3, 0.4) is 0 Å². The van der Waals surface area contributed by atoms with E-state index in [2.05, 4.69) is 41.8 Å². The molecule has 5 nitrogen and oxygen atoms in total. The van der Waals surface area contributed by atoms with Crippen molar-refractivity contribution >= 4 is 11.7 Å². The number of rotatable bonds is 5. The van der Waals surface area contributed by atoms with Crippen LogP contribution in [0, 0.1) is 13.8 Å². The molecule has 1 aliphatic heterocycles. The molecule has 0 spiro atoms. The Bertz CT molecular complexity index is 730. The quantitative estimate of drug-likeness (QED) is 0.780. The zero-order valence-corrected chi connectivity index (χ0v) is 15.2. The minimum atomic E-state index is -0.291. The first-order valence-corrected chi connectivity index (χ1v) is 8.77. The SMILES string of the molecule is CC(=O)OCc1ccc(CN2CCN(c3cccc(C)c3C)CC2)o1. The van der Waals surface area contributed by atoms with Crippen molar-refractivity contribution in [2.45, 2.75) is 33.9 Å². The number of esters is 1. The van der Waals surface area contributed by atoms with E-state index in [0.717, 1.165) is 38.5 Å². The molecule has 1 aromatic heterocycles. The summed E-state index contributed by atoms with van der Waals surface area (Å²) < 4.78 is 10.7. The molecule has 0 saturated carbocycles. The van der Waals surface area contributed by atoms with Gasteiger partial charge in [0.05, 0.1) is 6.54 Å². The Balaban J connectivity index is 1.53. The fourth-order valence-corrected chi connectivity index (χ4v) is 3.20. The summed E-state index contributed by atoms with van der Waals surface area (Å²) in [5.41, 5.74) is 4.06. The van der Waals surface area contributed by atoms with Gasteiger partial charge in [0.25, 0.3) is 0 Å². The summed E-state index contributed by atoms with van der Waals surface area (Å²) in [7, 11) is 0. The summed E-state index contributed by atoms with van der Waals surface area (Å²) in [6.45, 7) is 10.8. The van der Waals surface area contributed by atoms with Crippen molar-refractivity contribution in [3.63, 3.8) is 0 Å². The van der Waals surface area contributed by atoms with Crippen LogP contribution in [0.25, 0.3) is 0 Å². The van der Waals surface area contributed by atoms with Gasteiger partial charge in [0.15, 0.2) is 0 Å². The van der Waals surface area contributed by atoms with Crippen molar-refractivity contribution in [2.24, 2.45) is 0 Å². The number of carbonyl (C=O) groups is 1. The van der Waals surface area contributed by atoms with E-state index in [-0.39, 0.29) is 12.6 Å². The fourth-order valence-electron chi connectivity index (χ4n) is 3.20. The Morgan fingerprint density at radius 1 is 1.08 bits per heavy atom. The molecule has 0 bridgehead atoms. The zero-order chi connectivity index (χ0) is 17.8. The molecule has 0 unspecified atom stereocenters. The molecule has 0 amide bonds. The van der Waals surface area contributed by atoms with Gasteiger partial charge in [0.1, 0.15) is 18.1 Å². The summed E-state index contributed by atoms with van der Waals surface area (Å²) in [6, 6.07) is 10.4. The van der Waals surface area contributed by atoms with E-state index in [1.165, 1.54) is 23.7 Å². The van der Waals surface area contributed by atoms with Crippen molar-refractivity contribution in [1.29, 1.82) is 0 Å². The van der Waals surface area contributed by atoms with E-state index in [4.69, 9.17) is 9.15 Å². The van der Waals surface area contributed by atoms with Crippen LogP contribution in [0.5, 0.6) is 0 Å². The van der Waals surface area contributed by atoms with Gasteiger partial charge in [-0.3, -0.25) is 9.69 Å². The van der Waals surface area contributed by atoms with Crippen molar-refractivity contribution in [3.05, 3.63) is 53.0 Å². The first-order chi connectivity index (χ1) is 12.0. The first kappa shape index (κ1) is 17.5. The van der Waals surface area contributed by atoms with E-state index in [1.807, 2.05) is 12.1 Å². The third kappa shape index (κ3) is 4.42. The molecule has 0 N–H and O–H groups in total. The highest BCUT2D eigenvalue weighted by atomic mass is 16.5. The number of aryl methyl sites for hydroxylation is 1. The highest BCUT2D eigenvalue weighted by molar-refractivity contribution is 5.65. The minimum absolute atomic E-state index is 0.204. The van der Waals surface area contributed by atoms with Gasteiger partial charge in [0.2, 0.25) is 0 Å². The van der Waals surface area contributed by atoms with Crippen LogP contribution < -0.4 is 4.90 Å². The fraction of sp³-hybridized carbons (Fsp3) is 0.450. The highest BCUT2D eigenvalue weighted by Gasteiger charge is 2.19. The van der Waals surface area contributed by atoms with Crippen LogP contribution in [0.1, 0.15) is 29.6 Å². The van der Waals surface area contributed by atoms with Crippen molar-refractivity contribution in [3.8, 4) is 0 Å². The van der Waals surface area contributed by atoms with E-state index in [0.29, 0.717) is 5.76 Å². The third-order valence-electron chi connectivity index (χ3n) is 4.80. The number of nitrogens with zero attached hydrogens (tertiary/aromatic N) is 2. The maximum atomic E-state index is 10.9. The van der Waals surface area contributed by atoms with Crippen LogP contribution in [-0.4, -0.2) is 37.0 Å². The normalized spacial score (nSPS) is 15.4. The average Bonchev–Trinajstić information content (AvgIpc) is 3.04. The summed E-state index contributed by atoms with van der Waals surface area (Å²) in [5, 5.41) is 0. The van der Waals surface area contributed by atoms with Gasteiger partial charge < -0.3 is 14.1 Å². The Labute approximate surface area is 149 Å². The number of hydrogen-bond donors (Lipinski definition) is 0. The standard InChI is InChI=1S/C20H26N2O3/c1-15-5-4-6-20(16(15)2)22-11-9-21(10-12-22)13-18-7-8-19(25-18)14-24-17(3)23/h4-8H,9-14H2,1-3H3. The van der Waals surface area contributed by atoms with Gasteiger partial charge in [-0.2, -0.15) is 0 Å². The molecule has 0 aliphatic carbocycles. The van der Waals surface area contributed by atoms with Gasteiger partial charge in [-0.15, -0.1) is 0 Å². The zero-order valence-electron chi connectivity index (χ0n) is 15.2. The monoisotopic (exact) mass is 342 g/mol. The molecular weight excluding hydrogens is 316 g/mol. The first-order valence-electron chi connectivity index (χ1n) is 8.77. The van der Waals surface area contributed by atoms with Gasteiger partial charge >= 0.3 is 5.97 Å². The number of ether oxygens (including phenoxy) is 1. The summed E-state index contributed by atoms with van der Waals surface area (Å²) in [6.07, 6.45) is 0. The molecular formula is C20H26N2O3. The molecule has 134 valence electrons. The molecule has 25 heavy (non-hydrogen) atoms. The van der Waals surface area contributed by atoms with Crippen LogP contribution in [-0.2, 0) is 22.7 Å². The van der Waals surface area contributed by atoms with Crippen LogP contribution in [0.2, 0.25) is 0 Å². The largest absolute Gasteiger partial charge is 0.461 e. The molecule has 1 saturated heterocycles. The second-order valence-electron chi connectivity index (χ2n) is 6.63. The van der Waals surface area contributed by atoms with Crippen LogP contribution in [0.4, 0.5) is 5.69 Å². The Morgan fingerprint density at radius 3 is 2.52 bits per heavy atom. The molecule has 1 aliphatic rings. The number of hydrogen-bond acceptors (Lipinski definition) is 5. The Morgan fingerprint density at radius 2 is 1.80 bits per heavy atom. The minimum Gasteiger partial charge on any atom is -0.461 e. The lowest BCUT2D eigenvalue weighted by molar-refractivity contribution is -0.142. The molecule has 1 aromatic carbocycles. The molecule has 2 heterocycles. The van der Waals surface area contributed by atoms with E-state index in [1.54, 1.807) is 0 Å². The second-order valence-corrected chi connectivity index (χ2v) is 6.63. The van der Waals surface area contributed by atoms with Gasteiger partial charge in [-0.1, -0.05) is 12.1 Å². The molecule has 3 rings (SSSR count). The van der Waals surface area contributed by atoms with Gasteiger partial charge in [-0.05, 0) is 43.2 Å². The molecule has 0 radical (unpaired) electrons. The summed E-state index contributed by atoms with van der Waals surface area (Å²) >= 11 is 0.